The molecule has 8 N–H and O–H groups in total. The highest BCUT2D eigenvalue weighted by Gasteiger charge is 2.54. The standard InChI is InChI=1S/C27H29NO11/c1-3-27(37)8-13(39-14-7-11(28)21(30)9(2)38-14)16-17(20(27)26(35)36)25(34)18-19(24(16)33)23(32)15-10(22(18)31)5-4-6-12(15)29/h4-6,9,11,13-14,20-21,29-30,33-34,37H,3,7-8,28H2,1-2H3,(H,35,36)/t9-,11-,13-,14-,20-,21+,27+/m0/s1/i1+2. The van der Waals surface area contributed by atoms with Crippen LogP contribution < -0.4 is 5.73 Å². The van der Waals surface area contributed by atoms with Gasteiger partial charge in [0.1, 0.15) is 23.2 Å². The van der Waals surface area contributed by atoms with Crippen LogP contribution in [0.15, 0.2) is 18.2 Å². The molecule has 2 aromatic rings. The fourth-order valence-corrected chi connectivity index (χ4v) is 6.03. The Labute approximate surface area is 222 Å². The summed E-state index contributed by atoms with van der Waals surface area (Å²) in [7, 11) is 0. The minimum Gasteiger partial charge on any atom is -0.507 e. The summed E-state index contributed by atoms with van der Waals surface area (Å²) >= 11 is 0. The van der Waals surface area contributed by atoms with Gasteiger partial charge in [-0.05, 0) is 19.4 Å². The molecule has 1 saturated heterocycles. The van der Waals surface area contributed by atoms with Crippen molar-refractivity contribution in [1.82, 2.24) is 0 Å². The van der Waals surface area contributed by atoms with Gasteiger partial charge in [0.2, 0.25) is 5.78 Å². The average molecular weight is 546 g/mol. The van der Waals surface area contributed by atoms with Gasteiger partial charge in [0.15, 0.2) is 12.1 Å². The predicted octanol–water partition coefficient (Wildman–Crippen LogP) is 1.17. The molecule has 3 aliphatic rings. The van der Waals surface area contributed by atoms with Crippen molar-refractivity contribution in [3.63, 3.8) is 0 Å². The van der Waals surface area contributed by atoms with Crippen molar-refractivity contribution in [2.24, 2.45) is 5.73 Å². The van der Waals surface area contributed by atoms with Crippen molar-refractivity contribution in [3.8, 4) is 17.2 Å². The van der Waals surface area contributed by atoms with Crippen molar-refractivity contribution in [3.05, 3.63) is 51.6 Å². The van der Waals surface area contributed by atoms with E-state index in [1.54, 1.807) is 6.92 Å². The molecular formula is C27H29NO11. The van der Waals surface area contributed by atoms with E-state index in [0.717, 1.165) is 0 Å². The smallest absolute Gasteiger partial charge is 0.314 e. The molecule has 0 aromatic heterocycles. The summed E-state index contributed by atoms with van der Waals surface area (Å²) in [5.41, 5.74) is 1.39. The Hall–Kier alpha value is -3.55. The Kier molecular flexibility index (Phi) is 6.43. The number of aliphatic hydroxyl groups is 2. The Bertz CT molecular complexity index is 1390. The first-order valence-corrected chi connectivity index (χ1v) is 12.5. The molecule has 1 fully saturated rings. The number of carboxylic acids is 1. The SMILES string of the molecule is C[C@@H]1O[C@@H](O[C@H]2C[C@](O)(C[14CH3])[C@H](C(=O)O)c3c(O)c4c(c(O)c32)C(=O)c2c(O)cccc2C4=O)C[C@H](N)[C@@H]1O. The first kappa shape index (κ1) is 27.0. The number of carbonyl (C=O) groups is 3. The second kappa shape index (κ2) is 9.28. The molecule has 1 aliphatic heterocycles. The molecule has 0 spiro atoms. The van der Waals surface area contributed by atoms with Gasteiger partial charge >= 0.3 is 5.97 Å². The van der Waals surface area contributed by atoms with E-state index in [1.807, 2.05) is 0 Å². The van der Waals surface area contributed by atoms with Gasteiger partial charge in [-0.25, -0.2) is 0 Å². The Morgan fingerprint density at radius 1 is 1.13 bits per heavy atom. The van der Waals surface area contributed by atoms with Crippen LogP contribution in [0, 0.1) is 0 Å². The van der Waals surface area contributed by atoms with E-state index in [-0.39, 0.29) is 36.0 Å². The van der Waals surface area contributed by atoms with Gasteiger partial charge in [0, 0.05) is 35.6 Å². The number of nitrogens with two attached hydrogens (primary N) is 1. The van der Waals surface area contributed by atoms with Crippen molar-refractivity contribution in [2.45, 2.75) is 75.3 Å². The quantitative estimate of drug-likeness (QED) is 0.230. The van der Waals surface area contributed by atoms with Crippen molar-refractivity contribution in [1.29, 1.82) is 0 Å². The van der Waals surface area contributed by atoms with Crippen LogP contribution in [0.2, 0.25) is 0 Å². The number of hydrogen-bond acceptors (Lipinski definition) is 11. The number of phenolic OH excluding ortho intramolecular Hbond substituents is 3. The maximum Gasteiger partial charge on any atom is 0.314 e. The number of benzene rings is 2. The lowest BCUT2D eigenvalue weighted by atomic mass is 9.67. The lowest BCUT2D eigenvalue weighted by Gasteiger charge is -2.45. The molecular weight excluding hydrogens is 516 g/mol. The van der Waals surface area contributed by atoms with Gasteiger partial charge in [-0.15, -0.1) is 0 Å². The van der Waals surface area contributed by atoms with Gasteiger partial charge in [-0.3, -0.25) is 14.4 Å². The van der Waals surface area contributed by atoms with Gasteiger partial charge in [-0.2, -0.15) is 0 Å². The van der Waals surface area contributed by atoms with Crippen molar-refractivity contribution < 1.29 is 54.5 Å². The van der Waals surface area contributed by atoms with Crippen LogP contribution in [0.5, 0.6) is 17.2 Å². The van der Waals surface area contributed by atoms with Gasteiger partial charge in [0.05, 0.1) is 40.6 Å². The fourth-order valence-electron chi connectivity index (χ4n) is 6.03. The number of rotatable bonds is 4. The third-order valence-corrected chi connectivity index (χ3v) is 8.11. The fraction of sp³-hybridized carbons (Fsp3) is 0.444. The zero-order chi connectivity index (χ0) is 28.5. The van der Waals surface area contributed by atoms with Gasteiger partial charge in [0.25, 0.3) is 0 Å². The number of ether oxygens (including phenoxy) is 2. The number of carbonyl (C=O) groups excluding carboxylic acids is 2. The molecule has 0 saturated carbocycles. The van der Waals surface area contributed by atoms with E-state index in [2.05, 4.69) is 0 Å². The zero-order valence-corrected chi connectivity index (χ0v) is 21.1. The number of aromatic hydroxyl groups is 3. The normalized spacial score (nSPS) is 31.8. The number of aliphatic hydroxyl groups excluding tert-OH is 1. The van der Waals surface area contributed by atoms with Crippen LogP contribution in [0.4, 0.5) is 0 Å². The minimum atomic E-state index is -2.00. The molecule has 12 nitrogen and oxygen atoms in total. The molecule has 5 rings (SSSR count). The second-order valence-corrected chi connectivity index (χ2v) is 10.4. The van der Waals surface area contributed by atoms with Gasteiger partial charge < -0.3 is 45.8 Å². The topological polar surface area (TPSA) is 217 Å². The number of phenols is 3. The van der Waals surface area contributed by atoms with E-state index in [0.29, 0.717) is 0 Å². The maximum atomic E-state index is 13.5. The van der Waals surface area contributed by atoms with Crippen molar-refractivity contribution >= 4 is 17.5 Å². The Balaban J connectivity index is 1.75. The molecule has 2 aliphatic carbocycles. The number of ketones is 2. The van der Waals surface area contributed by atoms with Crippen LogP contribution in [-0.4, -0.2) is 78.3 Å². The lowest BCUT2D eigenvalue weighted by Crippen LogP contribution is -2.52. The number of carboxylic acid groups (broad SMARTS) is 1. The van der Waals surface area contributed by atoms with Gasteiger partial charge in [-0.1, -0.05) is 19.1 Å². The first-order chi connectivity index (χ1) is 18.3. The third-order valence-electron chi connectivity index (χ3n) is 8.11. The third kappa shape index (κ3) is 3.90. The monoisotopic (exact) mass is 545 g/mol. The molecule has 2 aromatic carbocycles. The largest absolute Gasteiger partial charge is 0.507 e. The summed E-state index contributed by atoms with van der Waals surface area (Å²) in [6.45, 7) is 3.11. The summed E-state index contributed by atoms with van der Waals surface area (Å²) in [6.07, 6.45) is -4.56. The molecule has 7 atom stereocenters. The van der Waals surface area contributed by atoms with E-state index in [9.17, 15) is 45.0 Å². The maximum absolute atomic E-state index is 13.5. The van der Waals surface area contributed by atoms with Crippen LogP contribution >= 0.6 is 0 Å². The molecule has 0 bridgehead atoms. The lowest BCUT2D eigenvalue weighted by molar-refractivity contribution is -0.248. The summed E-state index contributed by atoms with van der Waals surface area (Å²) in [5.74, 6) is -7.41. The molecule has 12 heteroatoms. The Morgan fingerprint density at radius 3 is 2.38 bits per heavy atom. The van der Waals surface area contributed by atoms with Crippen LogP contribution in [0.1, 0.15) is 88.1 Å². The van der Waals surface area contributed by atoms with Crippen LogP contribution in [0.25, 0.3) is 0 Å². The molecule has 1 heterocycles. The summed E-state index contributed by atoms with van der Waals surface area (Å²) in [4.78, 5) is 39.4. The highest BCUT2D eigenvalue weighted by atomic mass is 16.7. The van der Waals surface area contributed by atoms with E-state index in [4.69, 9.17) is 15.2 Å². The summed E-state index contributed by atoms with van der Waals surface area (Å²) in [5, 5.41) is 65.0. The first-order valence-electron chi connectivity index (χ1n) is 12.5. The molecule has 39 heavy (non-hydrogen) atoms. The van der Waals surface area contributed by atoms with E-state index >= 15 is 0 Å². The average Bonchev–Trinajstić information content (AvgIpc) is 2.87. The van der Waals surface area contributed by atoms with E-state index in [1.165, 1.54) is 25.1 Å². The second-order valence-electron chi connectivity index (χ2n) is 10.4. The minimum absolute atomic E-state index is 0.0145. The highest BCUT2D eigenvalue weighted by Crippen LogP contribution is 2.57. The molecule has 0 unspecified atom stereocenters. The highest BCUT2D eigenvalue weighted by molar-refractivity contribution is 6.31. The van der Waals surface area contributed by atoms with E-state index < -0.39 is 93.6 Å². The van der Waals surface area contributed by atoms with Crippen LogP contribution in [0.3, 0.4) is 0 Å². The molecule has 208 valence electrons. The number of fused-ring (bicyclic) bond motifs is 3. The number of hydrogen-bond donors (Lipinski definition) is 7. The summed E-state index contributed by atoms with van der Waals surface area (Å²) < 4.78 is 11.8. The predicted molar refractivity (Wildman–Crippen MR) is 132 cm³/mol. The summed E-state index contributed by atoms with van der Waals surface area (Å²) in [6, 6.07) is 3.04. The molecule has 0 radical (unpaired) electrons. The Morgan fingerprint density at radius 2 is 1.77 bits per heavy atom. The molecule has 0 amide bonds. The number of aliphatic carboxylic acids is 1. The van der Waals surface area contributed by atoms with Crippen LogP contribution in [-0.2, 0) is 14.3 Å². The van der Waals surface area contributed by atoms with Crippen molar-refractivity contribution in [2.75, 3.05) is 0 Å². The zero-order valence-electron chi connectivity index (χ0n) is 21.1.